The molecule has 2 heterocycles. The maximum Gasteiger partial charge on any atom is 0.257 e. The van der Waals surface area contributed by atoms with E-state index < -0.39 is 0 Å². The molecule has 0 aliphatic carbocycles. The van der Waals surface area contributed by atoms with Crippen molar-refractivity contribution in [2.75, 3.05) is 12.3 Å². The molecule has 1 N–H and O–H groups in total. The zero-order chi connectivity index (χ0) is 23.6. The molecule has 174 valence electrons. The maximum absolute atomic E-state index is 12.9. The Morgan fingerprint density at radius 1 is 1.09 bits per heavy atom. The maximum atomic E-state index is 12.9. The van der Waals surface area contributed by atoms with Gasteiger partial charge in [-0.05, 0) is 44.4 Å². The van der Waals surface area contributed by atoms with Crippen LogP contribution in [0.4, 0.5) is 0 Å². The molecule has 2 aromatic heterocycles. The number of carbonyl (C=O) groups excluding carboxylic acids is 1. The van der Waals surface area contributed by atoms with E-state index in [4.69, 9.17) is 4.98 Å². The Kier molecular flexibility index (Phi) is 9.24. The normalized spacial score (nSPS) is 10.9. The molecule has 0 radical (unpaired) electrons. The van der Waals surface area contributed by atoms with Crippen LogP contribution in [0.1, 0.15) is 47.3 Å². The molecule has 0 fully saturated rings. The number of benzene rings is 1. The van der Waals surface area contributed by atoms with Crippen molar-refractivity contribution in [3.05, 3.63) is 87.1 Å². The number of unbranched alkanes of at least 4 members (excludes halogenated alkanes) is 1. The van der Waals surface area contributed by atoms with Crippen LogP contribution >= 0.6 is 11.8 Å². The number of aryl methyl sites for hydroxylation is 2. The van der Waals surface area contributed by atoms with Gasteiger partial charge in [0.05, 0.1) is 0 Å². The summed E-state index contributed by atoms with van der Waals surface area (Å²) < 4.78 is 1.64. The number of thioether (sulfide) groups is 1. The summed E-state index contributed by atoms with van der Waals surface area (Å²) in [4.78, 5) is 33.9. The van der Waals surface area contributed by atoms with Crippen molar-refractivity contribution in [3.8, 4) is 0 Å². The number of rotatable bonds is 11. The van der Waals surface area contributed by atoms with Crippen LogP contribution in [0.5, 0.6) is 0 Å². The Hall–Kier alpha value is -2.93. The van der Waals surface area contributed by atoms with Gasteiger partial charge in [-0.3, -0.25) is 19.1 Å². The van der Waals surface area contributed by atoms with Gasteiger partial charge in [-0.2, -0.15) is 0 Å². The third-order valence-electron chi connectivity index (χ3n) is 5.51. The molecule has 7 heteroatoms. The lowest BCUT2D eigenvalue weighted by Gasteiger charge is -2.12. The summed E-state index contributed by atoms with van der Waals surface area (Å²) >= 11 is 1.57. The smallest absolute Gasteiger partial charge is 0.257 e. The Labute approximate surface area is 199 Å². The number of carbonyl (C=O) groups is 1. The van der Waals surface area contributed by atoms with Crippen LogP contribution in [0.25, 0.3) is 0 Å². The van der Waals surface area contributed by atoms with Crippen molar-refractivity contribution in [2.24, 2.45) is 7.05 Å². The molecular weight excluding hydrogens is 432 g/mol. The van der Waals surface area contributed by atoms with E-state index in [1.807, 2.05) is 25.1 Å². The zero-order valence-corrected chi connectivity index (χ0v) is 20.5. The highest BCUT2D eigenvalue weighted by atomic mass is 32.2. The Morgan fingerprint density at radius 3 is 2.61 bits per heavy atom. The number of aromatic nitrogens is 3. The van der Waals surface area contributed by atoms with Crippen molar-refractivity contribution in [3.63, 3.8) is 0 Å². The van der Waals surface area contributed by atoms with Crippen LogP contribution in [0.2, 0.25) is 0 Å². The summed E-state index contributed by atoms with van der Waals surface area (Å²) in [6.07, 6.45) is 5.29. The number of nitrogens with zero attached hydrogens (tertiary/aromatic N) is 3. The van der Waals surface area contributed by atoms with E-state index in [-0.39, 0.29) is 11.5 Å². The van der Waals surface area contributed by atoms with Crippen molar-refractivity contribution >= 4 is 17.7 Å². The lowest BCUT2D eigenvalue weighted by Crippen LogP contribution is -2.26. The van der Waals surface area contributed by atoms with Crippen LogP contribution in [0.15, 0.2) is 58.6 Å². The monoisotopic (exact) mass is 464 g/mol. The van der Waals surface area contributed by atoms with Crippen molar-refractivity contribution in [2.45, 2.75) is 51.1 Å². The fraction of sp³-hybridized carbons (Fsp3) is 0.385. The minimum Gasteiger partial charge on any atom is -0.356 e. The lowest BCUT2D eigenvalue weighted by molar-refractivity contribution is -0.121. The lowest BCUT2D eigenvalue weighted by atomic mass is 10.0. The molecule has 1 aromatic carbocycles. The highest BCUT2D eigenvalue weighted by molar-refractivity contribution is 7.99. The minimum atomic E-state index is 0.0119. The van der Waals surface area contributed by atoms with Crippen LogP contribution in [0, 0.1) is 13.8 Å². The van der Waals surface area contributed by atoms with Gasteiger partial charge in [-0.25, -0.2) is 4.98 Å². The molecule has 0 saturated carbocycles. The third-order valence-corrected chi connectivity index (χ3v) is 6.63. The van der Waals surface area contributed by atoms with Crippen LogP contribution in [-0.4, -0.2) is 32.7 Å². The summed E-state index contributed by atoms with van der Waals surface area (Å²) in [6, 6.07) is 14.0. The molecule has 33 heavy (non-hydrogen) atoms. The van der Waals surface area contributed by atoms with Gasteiger partial charge >= 0.3 is 0 Å². The second-order valence-electron chi connectivity index (χ2n) is 8.21. The van der Waals surface area contributed by atoms with Gasteiger partial charge in [-0.15, -0.1) is 0 Å². The van der Waals surface area contributed by atoms with Gasteiger partial charge in [0.25, 0.3) is 5.56 Å². The molecule has 0 saturated heterocycles. The quantitative estimate of drug-likeness (QED) is 0.264. The van der Waals surface area contributed by atoms with E-state index in [9.17, 15) is 9.59 Å². The first kappa shape index (κ1) is 24.7. The number of hydrogen-bond donors (Lipinski definition) is 1. The van der Waals surface area contributed by atoms with Crippen LogP contribution in [-0.2, 0) is 24.7 Å². The third kappa shape index (κ3) is 7.56. The Morgan fingerprint density at radius 2 is 1.88 bits per heavy atom. The molecule has 1 amide bonds. The fourth-order valence-electron chi connectivity index (χ4n) is 3.49. The highest BCUT2D eigenvalue weighted by Crippen LogP contribution is 2.18. The number of hydrogen-bond acceptors (Lipinski definition) is 5. The molecule has 3 rings (SSSR count). The van der Waals surface area contributed by atoms with Crippen molar-refractivity contribution < 1.29 is 4.79 Å². The first-order valence-corrected chi connectivity index (χ1v) is 12.3. The van der Waals surface area contributed by atoms with Gasteiger partial charge in [-0.1, -0.05) is 47.7 Å². The largest absolute Gasteiger partial charge is 0.356 e. The zero-order valence-electron chi connectivity index (χ0n) is 19.6. The molecule has 0 aliphatic rings. The standard InChI is InChI=1S/C26H32N4O2S/c1-19-10-12-21(13-11-19)18-23-20(2)29-26(30(3)25(23)32)33-17-7-5-9-24(31)28-16-14-22-8-4-6-15-27-22/h4,6,8,10-13,15H,5,7,9,14,16-18H2,1-3H3,(H,28,31). The van der Waals surface area contributed by atoms with E-state index in [0.29, 0.717) is 19.4 Å². The average Bonchev–Trinajstić information content (AvgIpc) is 2.81. The summed E-state index contributed by atoms with van der Waals surface area (Å²) in [5.74, 6) is 0.885. The van der Waals surface area contributed by atoms with Gasteiger partial charge in [0, 0.05) is 61.8 Å². The molecule has 0 spiro atoms. The predicted octanol–water partition coefficient (Wildman–Crippen LogP) is 4.00. The fourth-order valence-corrected chi connectivity index (χ4v) is 4.50. The number of amides is 1. The summed E-state index contributed by atoms with van der Waals surface area (Å²) in [6.45, 7) is 4.56. The molecule has 0 atom stereocenters. The second kappa shape index (κ2) is 12.3. The summed E-state index contributed by atoms with van der Waals surface area (Å²) in [5.41, 5.74) is 4.84. The Balaban J connectivity index is 1.42. The van der Waals surface area contributed by atoms with E-state index >= 15 is 0 Å². The highest BCUT2D eigenvalue weighted by Gasteiger charge is 2.13. The Bertz CT molecular complexity index is 1110. The number of pyridine rings is 1. The molecular formula is C26H32N4O2S. The van der Waals surface area contributed by atoms with E-state index in [0.717, 1.165) is 52.7 Å². The van der Waals surface area contributed by atoms with Gasteiger partial charge < -0.3 is 5.32 Å². The second-order valence-corrected chi connectivity index (χ2v) is 9.27. The summed E-state index contributed by atoms with van der Waals surface area (Å²) in [5, 5.41) is 3.68. The average molecular weight is 465 g/mol. The van der Waals surface area contributed by atoms with Crippen LogP contribution < -0.4 is 10.9 Å². The topological polar surface area (TPSA) is 76.9 Å². The van der Waals surface area contributed by atoms with Crippen LogP contribution in [0.3, 0.4) is 0 Å². The molecule has 0 aliphatic heterocycles. The molecule has 0 unspecified atom stereocenters. The SMILES string of the molecule is Cc1ccc(Cc2c(C)nc(SCCCCC(=O)NCCc3ccccn3)n(C)c2=O)cc1. The van der Waals surface area contributed by atoms with E-state index in [2.05, 4.69) is 41.5 Å². The van der Waals surface area contributed by atoms with Crippen molar-refractivity contribution in [1.82, 2.24) is 19.9 Å². The first-order valence-electron chi connectivity index (χ1n) is 11.4. The molecule has 3 aromatic rings. The molecule has 6 nitrogen and oxygen atoms in total. The van der Waals surface area contributed by atoms with Gasteiger partial charge in [0.1, 0.15) is 0 Å². The van der Waals surface area contributed by atoms with Gasteiger partial charge in [0.15, 0.2) is 5.16 Å². The van der Waals surface area contributed by atoms with E-state index in [1.54, 1.807) is 29.6 Å². The first-order chi connectivity index (χ1) is 15.9. The van der Waals surface area contributed by atoms with Gasteiger partial charge in [0.2, 0.25) is 5.91 Å². The molecule has 0 bridgehead atoms. The summed E-state index contributed by atoms with van der Waals surface area (Å²) in [7, 11) is 1.78. The van der Waals surface area contributed by atoms with Crippen molar-refractivity contribution in [1.29, 1.82) is 0 Å². The predicted molar refractivity (Wildman–Crippen MR) is 134 cm³/mol. The number of nitrogens with one attached hydrogen (secondary N) is 1. The minimum absolute atomic E-state index is 0.0119. The van der Waals surface area contributed by atoms with E-state index in [1.165, 1.54) is 5.56 Å².